The van der Waals surface area contributed by atoms with Crippen molar-refractivity contribution in [1.29, 1.82) is 0 Å². The maximum Gasteiger partial charge on any atom is 0.326 e. The van der Waals surface area contributed by atoms with Crippen molar-refractivity contribution in [3.63, 3.8) is 0 Å². The summed E-state index contributed by atoms with van der Waals surface area (Å²) in [4.78, 5) is 12.3. The third-order valence-corrected chi connectivity index (χ3v) is 4.13. The molecule has 0 radical (unpaired) electrons. The van der Waals surface area contributed by atoms with Gasteiger partial charge in [0.05, 0.1) is 12.7 Å². The van der Waals surface area contributed by atoms with Crippen LogP contribution in [0.15, 0.2) is 0 Å². The molecule has 2 fully saturated rings. The third-order valence-electron chi connectivity index (χ3n) is 4.13. The smallest absolute Gasteiger partial charge is 0.326 e. The van der Waals surface area contributed by atoms with Crippen LogP contribution >= 0.6 is 0 Å². The van der Waals surface area contributed by atoms with Gasteiger partial charge in [0.2, 0.25) is 0 Å². The number of methoxy groups -OCH3 is 1. The first-order valence-electron chi connectivity index (χ1n) is 7.15. The van der Waals surface area contributed by atoms with Crippen molar-refractivity contribution in [2.24, 2.45) is 5.92 Å². The molecule has 0 bridgehead atoms. The quantitative estimate of drug-likeness (QED) is 0.736. The van der Waals surface area contributed by atoms with Crippen molar-refractivity contribution in [2.45, 2.75) is 57.1 Å². The van der Waals surface area contributed by atoms with E-state index < -0.39 is 5.54 Å². The summed E-state index contributed by atoms with van der Waals surface area (Å²) in [5.41, 5.74) is -0.502. The van der Waals surface area contributed by atoms with Gasteiger partial charge in [0, 0.05) is 13.5 Å². The van der Waals surface area contributed by atoms with Crippen molar-refractivity contribution in [1.82, 2.24) is 5.32 Å². The molecule has 0 spiro atoms. The molecule has 0 amide bonds. The molecule has 0 saturated heterocycles. The Kier molecular flexibility index (Phi) is 4.62. The van der Waals surface area contributed by atoms with Crippen LogP contribution in [0.3, 0.4) is 0 Å². The highest BCUT2D eigenvalue weighted by atomic mass is 16.5. The Bertz CT molecular complexity index is 291. The van der Waals surface area contributed by atoms with Crippen molar-refractivity contribution in [2.75, 3.05) is 20.3 Å². The molecule has 1 N–H and O–H groups in total. The second kappa shape index (κ2) is 6.02. The molecule has 2 unspecified atom stereocenters. The van der Waals surface area contributed by atoms with Gasteiger partial charge in [-0.2, -0.15) is 0 Å². The van der Waals surface area contributed by atoms with Crippen LogP contribution in [0.25, 0.3) is 0 Å². The van der Waals surface area contributed by atoms with E-state index in [1.165, 1.54) is 12.8 Å². The van der Waals surface area contributed by atoms with Gasteiger partial charge in [-0.05, 0) is 51.5 Å². The highest BCUT2D eigenvalue weighted by Gasteiger charge is 2.44. The Morgan fingerprint density at radius 2 is 2.17 bits per heavy atom. The standard InChI is InChI=1S/C14H25NO3/c1-3-18-13(16)14(15-10-11-6-7-11)8-4-5-12(9-14)17-2/h11-12,15H,3-10H2,1-2H3. The summed E-state index contributed by atoms with van der Waals surface area (Å²) in [5, 5.41) is 3.49. The fraction of sp³-hybridized carbons (Fsp3) is 0.929. The van der Waals surface area contributed by atoms with Crippen LogP contribution in [-0.2, 0) is 14.3 Å². The van der Waals surface area contributed by atoms with Gasteiger partial charge in [0.1, 0.15) is 5.54 Å². The Morgan fingerprint density at radius 1 is 1.39 bits per heavy atom. The topological polar surface area (TPSA) is 47.6 Å². The van der Waals surface area contributed by atoms with Crippen LogP contribution in [0.4, 0.5) is 0 Å². The van der Waals surface area contributed by atoms with Crippen LogP contribution in [0, 0.1) is 5.92 Å². The molecule has 18 heavy (non-hydrogen) atoms. The zero-order valence-electron chi connectivity index (χ0n) is 11.5. The highest BCUT2D eigenvalue weighted by molar-refractivity contribution is 5.81. The van der Waals surface area contributed by atoms with Gasteiger partial charge in [0.15, 0.2) is 0 Å². The fourth-order valence-corrected chi connectivity index (χ4v) is 2.77. The zero-order valence-corrected chi connectivity index (χ0v) is 11.5. The van der Waals surface area contributed by atoms with Crippen LogP contribution in [0.1, 0.15) is 45.4 Å². The molecule has 104 valence electrons. The Morgan fingerprint density at radius 3 is 2.78 bits per heavy atom. The lowest BCUT2D eigenvalue weighted by atomic mass is 9.79. The van der Waals surface area contributed by atoms with Crippen molar-refractivity contribution in [3.8, 4) is 0 Å². The van der Waals surface area contributed by atoms with Gasteiger partial charge < -0.3 is 14.8 Å². The van der Waals surface area contributed by atoms with Crippen molar-refractivity contribution >= 4 is 5.97 Å². The van der Waals surface area contributed by atoms with E-state index in [2.05, 4.69) is 5.32 Å². The van der Waals surface area contributed by atoms with E-state index in [1.807, 2.05) is 6.92 Å². The number of carbonyl (C=O) groups is 1. The zero-order chi connectivity index (χ0) is 13.0. The van der Waals surface area contributed by atoms with E-state index in [-0.39, 0.29) is 12.1 Å². The largest absolute Gasteiger partial charge is 0.465 e. The Labute approximate surface area is 109 Å². The first-order chi connectivity index (χ1) is 8.70. The van der Waals surface area contributed by atoms with Crippen LogP contribution < -0.4 is 5.32 Å². The Balaban J connectivity index is 2.01. The van der Waals surface area contributed by atoms with E-state index >= 15 is 0 Å². The lowest BCUT2D eigenvalue weighted by molar-refractivity contribution is -0.155. The monoisotopic (exact) mass is 255 g/mol. The van der Waals surface area contributed by atoms with Gasteiger partial charge in [0.25, 0.3) is 0 Å². The molecule has 2 aliphatic rings. The SMILES string of the molecule is CCOC(=O)C1(NCC2CC2)CCCC(OC)C1. The summed E-state index contributed by atoms with van der Waals surface area (Å²) >= 11 is 0. The lowest BCUT2D eigenvalue weighted by Crippen LogP contribution is -2.57. The molecule has 4 nitrogen and oxygen atoms in total. The number of ether oxygens (including phenoxy) is 2. The molecule has 4 heteroatoms. The normalized spacial score (nSPS) is 32.2. The summed E-state index contributed by atoms with van der Waals surface area (Å²) in [5.74, 6) is 0.673. The third kappa shape index (κ3) is 3.23. The summed E-state index contributed by atoms with van der Waals surface area (Å²) in [6, 6.07) is 0. The van der Waals surface area contributed by atoms with E-state index in [0.717, 1.165) is 38.1 Å². The minimum Gasteiger partial charge on any atom is -0.465 e. The van der Waals surface area contributed by atoms with E-state index in [9.17, 15) is 4.79 Å². The van der Waals surface area contributed by atoms with Crippen LogP contribution in [-0.4, -0.2) is 37.9 Å². The number of rotatable bonds is 6. The number of hydrogen-bond donors (Lipinski definition) is 1. The molecule has 2 aliphatic carbocycles. The molecule has 2 rings (SSSR count). The first-order valence-corrected chi connectivity index (χ1v) is 7.15. The summed E-state index contributed by atoms with van der Waals surface area (Å²) in [6.45, 7) is 3.25. The average molecular weight is 255 g/mol. The minimum absolute atomic E-state index is 0.0904. The van der Waals surface area contributed by atoms with E-state index in [0.29, 0.717) is 6.61 Å². The number of esters is 1. The second-order valence-corrected chi connectivity index (χ2v) is 5.58. The maximum atomic E-state index is 12.3. The molecule has 0 aliphatic heterocycles. The molecule has 0 aromatic carbocycles. The van der Waals surface area contributed by atoms with Gasteiger partial charge in [-0.3, -0.25) is 4.79 Å². The molecule has 2 saturated carbocycles. The van der Waals surface area contributed by atoms with Crippen molar-refractivity contribution < 1.29 is 14.3 Å². The fourth-order valence-electron chi connectivity index (χ4n) is 2.77. The molecule has 0 heterocycles. The second-order valence-electron chi connectivity index (χ2n) is 5.58. The van der Waals surface area contributed by atoms with E-state index in [4.69, 9.17) is 9.47 Å². The number of nitrogens with one attached hydrogen (secondary N) is 1. The molecule has 0 aromatic rings. The predicted molar refractivity (Wildman–Crippen MR) is 69.4 cm³/mol. The van der Waals surface area contributed by atoms with Gasteiger partial charge in [-0.1, -0.05) is 0 Å². The maximum absolute atomic E-state index is 12.3. The van der Waals surface area contributed by atoms with Gasteiger partial charge >= 0.3 is 5.97 Å². The predicted octanol–water partition coefficient (Wildman–Crippen LogP) is 1.88. The molecule has 2 atom stereocenters. The summed E-state index contributed by atoms with van der Waals surface area (Å²) in [7, 11) is 1.73. The minimum atomic E-state index is -0.502. The highest BCUT2D eigenvalue weighted by Crippen LogP contribution is 2.34. The van der Waals surface area contributed by atoms with Gasteiger partial charge in [-0.25, -0.2) is 0 Å². The van der Waals surface area contributed by atoms with Crippen molar-refractivity contribution in [3.05, 3.63) is 0 Å². The van der Waals surface area contributed by atoms with Crippen LogP contribution in [0.5, 0.6) is 0 Å². The number of hydrogen-bond acceptors (Lipinski definition) is 4. The molecular weight excluding hydrogens is 230 g/mol. The van der Waals surface area contributed by atoms with E-state index in [1.54, 1.807) is 7.11 Å². The summed E-state index contributed by atoms with van der Waals surface area (Å²) < 4.78 is 10.7. The molecular formula is C14H25NO3. The average Bonchev–Trinajstić information content (AvgIpc) is 3.21. The summed E-state index contributed by atoms with van der Waals surface area (Å²) in [6.07, 6.45) is 6.44. The Hall–Kier alpha value is -0.610. The van der Waals surface area contributed by atoms with Gasteiger partial charge in [-0.15, -0.1) is 0 Å². The first kappa shape index (κ1) is 13.8. The van der Waals surface area contributed by atoms with Crippen LogP contribution in [0.2, 0.25) is 0 Å². The number of carbonyl (C=O) groups excluding carboxylic acids is 1. The molecule has 0 aromatic heterocycles. The lowest BCUT2D eigenvalue weighted by Gasteiger charge is -2.39.